The summed E-state index contributed by atoms with van der Waals surface area (Å²) in [6.45, 7) is 3.22. The Hall–Kier alpha value is -1.85. The number of aryl methyl sites for hydroxylation is 1. The summed E-state index contributed by atoms with van der Waals surface area (Å²) in [6, 6.07) is 13.7. The molecule has 2 rings (SSSR count). The topological polar surface area (TPSA) is 42.8 Å². The van der Waals surface area contributed by atoms with Crippen molar-refractivity contribution in [3.63, 3.8) is 0 Å². The fraction of sp³-hybridized carbons (Fsp3) is 0.278. The van der Waals surface area contributed by atoms with Crippen molar-refractivity contribution in [3.05, 3.63) is 58.1 Å². The fourth-order valence-electron chi connectivity index (χ4n) is 2.30. The summed E-state index contributed by atoms with van der Waals surface area (Å²) in [5.41, 5.74) is 3.13. The molecule has 0 saturated heterocycles. The largest absolute Gasteiger partial charge is 0.497 e. The number of carbonyl (C=O) groups excluding carboxylic acids is 1. The molecule has 0 aliphatic rings. The highest BCUT2D eigenvalue weighted by molar-refractivity contribution is 9.10. The molecule has 2 aromatic rings. The molecule has 23 heavy (non-hydrogen) atoms. The number of nitrogens with one attached hydrogen (secondary N) is 2. The number of likely N-dealkylation sites (N-methyl/N-ethyl adjacent to an activating group) is 1. The molecule has 0 aliphatic carbocycles. The Morgan fingerprint density at radius 1 is 1.22 bits per heavy atom. The molecule has 5 heteroatoms. The molecule has 0 heterocycles. The third kappa shape index (κ3) is 5.37. The number of carbonyl (C=O) groups is 1. The molecule has 1 unspecified atom stereocenters. The quantitative estimate of drug-likeness (QED) is 0.811. The number of halogens is 1. The van der Waals surface area contributed by atoms with Crippen LogP contribution in [0.2, 0.25) is 0 Å². The number of ether oxygens (including phenoxy) is 1. The Balaban J connectivity index is 1.87. The van der Waals surface area contributed by atoms with E-state index in [9.17, 15) is 4.79 Å². The van der Waals surface area contributed by atoms with Crippen LogP contribution in [0.3, 0.4) is 0 Å². The second kappa shape index (κ2) is 8.13. The van der Waals surface area contributed by atoms with Crippen molar-refractivity contribution in [1.29, 1.82) is 0 Å². The number of hydrogen-bond acceptors (Lipinski definition) is 2. The molecular formula is C18H22BrN2O2+. The second-order valence-corrected chi connectivity index (χ2v) is 6.53. The Morgan fingerprint density at radius 3 is 2.52 bits per heavy atom. The molecule has 0 bridgehead atoms. The first kappa shape index (κ1) is 17.5. The summed E-state index contributed by atoms with van der Waals surface area (Å²) >= 11 is 3.48. The van der Waals surface area contributed by atoms with Crippen molar-refractivity contribution in [2.75, 3.05) is 26.0 Å². The summed E-state index contributed by atoms with van der Waals surface area (Å²) < 4.78 is 6.14. The highest BCUT2D eigenvalue weighted by Gasteiger charge is 2.11. The van der Waals surface area contributed by atoms with Crippen LogP contribution in [0.4, 0.5) is 5.69 Å². The predicted molar refractivity (Wildman–Crippen MR) is 96.0 cm³/mol. The van der Waals surface area contributed by atoms with Crippen LogP contribution in [-0.4, -0.2) is 26.6 Å². The van der Waals surface area contributed by atoms with Crippen LogP contribution >= 0.6 is 15.9 Å². The van der Waals surface area contributed by atoms with Gasteiger partial charge in [0.15, 0.2) is 6.54 Å². The highest BCUT2D eigenvalue weighted by atomic mass is 79.9. The van der Waals surface area contributed by atoms with Gasteiger partial charge in [-0.1, -0.05) is 22.0 Å². The Morgan fingerprint density at radius 2 is 1.91 bits per heavy atom. The normalized spacial score (nSPS) is 11.8. The van der Waals surface area contributed by atoms with Crippen LogP contribution in [0, 0.1) is 6.92 Å². The summed E-state index contributed by atoms with van der Waals surface area (Å²) in [7, 11) is 3.66. The fourth-order valence-corrected chi connectivity index (χ4v) is 2.68. The van der Waals surface area contributed by atoms with E-state index in [-0.39, 0.29) is 5.91 Å². The minimum atomic E-state index is 0.00626. The monoisotopic (exact) mass is 377 g/mol. The smallest absolute Gasteiger partial charge is 0.279 e. The number of rotatable bonds is 6. The van der Waals surface area contributed by atoms with E-state index in [1.165, 1.54) is 5.56 Å². The standard InChI is InChI=1S/C18H21BrN2O2/c1-13-4-7-15(10-17(13)19)20-18(22)12-21(2)11-14-5-8-16(23-3)9-6-14/h4-10H,11-12H2,1-3H3,(H,20,22)/p+1. The van der Waals surface area contributed by atoms with E-state index < -0.39 is 0 Å². The molecule has 0 radical (unpaired) electrons. The van der Waals surface area contributed by atoms with Crippen molar-refractivity contribution in [3.8, 4) is 5.75 Å². The van der Waals surface area contributed by atoms with Gasteiger partial charge in [0.2, 0.25) is 0 Å². The van der Waals surface area contributed by atoms with Crippen molar-refractivity contribution < 1.29 is 14.4 Å². The second-order valence-electron chi connectivity index (χ2n) is 5.67. The minimum absolute atomic E-state index is 0.00626. The van der Waals surface area contributed by atoms with Gasteiger partial charge in [0, 0.05) is 15.7 Å². The van der Waals surface area contributed by atoms with E-state index in [4.69, 9.17) is 4.74 Å². The van der Waals surface area contributed by atoms with E-state index in [1.807, 2.05) is 56.4 Å². The first-order valence-corrected chi connectivity index (χ1v) is 8.27. The van der Waals surface area contributed by atoms with Gasteiger partial charge in [-0.3, -0.25) is 4.79 Å². The van der Waals surface area contributed by atoms with Crippen molar-refractivity contribution in [1.82, 2.24) is 0 Å². The van der Waals surface area contributed by atoms with Crippen LogP contribution in [0.15, 0.2) is 46.9 Å². The molecule has 0 fully saturated rings. The summed E-state index contributed by atoms with van der Waals surface area (Å²) in [5, 5.41) is 2.94. The number of anilines is 1. The predicted octanol–water partition coefficient (Wildman–Crippen LogP) is 2.42. The molecule has 2 N–H and O–H groups in total. The number of amides is 1. The van der Waals surface area contributed by atoms with E-state index in [0.29, 0.717) is 6.54 Å². The zero-order valence-electron chi connectivity index (χ0n) is 13.7. The first-order valence-electron chi connectivity index (χ1n) is 7.48. The average Bonchev–Trinajstić information content (AvgIpc) is 2.51. The van der Waals surface area contributed by atoms with Gasteiger partial charge < -0.3 is 15.0 Å². The van der Waals surface area contributed by atoms with Gasteiger partial charge in [-0.2, -0.15) is 0 Å². The maximum absolute atomic E-state index is 12.1. The Bertz CT molecular complexity index is 671. The maximum Gasteiger partial charge on any atom is 0.279 e. The van der Waals surface area contributed by atoms with Crippen molar-refractivity contribution >= 4 is 27.5 Å². The van der Waals surface area contributed by atoms with Crippen molar-refractivity contribution in [2.45, 2.75) is 13.5 Å². The first-order chi connectivity index (χ1) is 11.0. The van der Waals surface area contributed by atoms with Crippen LogP contribution in [0.25, 0.3) is 0 Å². The molecule has 0 saturated carbocycles. The molecule has 2 aromatic carbocycles. The lowest BCUT2D eigenvalue weighted by Crippen LogP contribution is -3.08. The summed E-state index contributed by atoms with van der Waals surface area (Å²) in [4.78, 5) is 13.3. The molecule has 0 aliphatic heterocycles. The Labute approximate surface area is 145 Å². The highest BCUT2D eigenvalue weighted by Crippen LogP contribution is 2.20. The van der Waals surface area contributed by atoms with E-state index in [0.717, 1.165) is 32.9 Å². The molecule has 0 spiro atoms. The lowest BCUT2D eigenvalue weighted by molar-refractivity contribution is -0.885. The number of methoxy groups -OCH3 is 1. The van der Waals surface area contributed by atoms with Crippen molar-refractivity contribution in [2.24, 2.45) is 0 Å². The van der Waals surface area contributed by atoms with Gasteiger partial charge in [-0.05, 0) is 48.9 Å². The molecule has 1 atom stereocenters. The number of hydrogen-bond donors (Lipinski definition) is 2. The zero-order valence-corrected chi connectivity index (χ0v) is 15.2. The van der Waals surface area contributed by atoms with Gasteiger partial charge in [-0.15, -0.1) is 0 Å². The SMILES string of the molecule is COc1ccc(C[NH+](C)CC(=O)Nc2ccc(C)c(Br)c2)cc1. The minimum Gasteiger partial charge on any atom is -0.497 e. The van der Waals surface area contributed by atoms with E-state index in [1.54, 1.807) is 7.11 Å². The zero-order chi connectivity index (χ0) is 16.8. The van der Waals surface area contributed by atoms with Crippen LogP contribution < -0.4 is 15.0 Å². The Kier molecular flexibility index (Phi) is 6.19. The third-order valence-electron chi connectivity index (χ3n) is 3.58. The van der Waals surface area contributed by atoms with Gasteiger partial charge in [0.05, 0.1) is 14.2 Å². The molecule has 122 valence electrons. The van der Waals surface area contributed by atoms with E-state index >= 15 is 0 Å². The van der Waals surface area contributed by atoms with Crippen LogP contribution in [0.5, 0.6) is 5.75 Å². The number of benzene rings is 2. The van der Waals surface area contributed by atoms with Crippen LogP contribution in [-0.2, 0) is 11.3 Å². The average molecular weight is 378 g/mol. The maximum atomic E-state index is 12.1. The lowest BCUT2D eigenvalue weighted by Gasteiger charge is -2.14. The summed E-state index contributed by atoms with van der Waals surface area (Å²) in [5.74, 6) is 0.848. The molecule has 0 aromatic heterocycles. The molecule has 1 amide bonds. The van der Waals surface area contributed by atoms with Gasteiger partial charge >= 0.3 is 0 Å². The summed E-state index contributed by atoms with van der Waals surface area (Å²) in [6.07, 6.45) is 0. The van der Waals surface area contributed by atoms with Gasteiger partial charge in [-0.25, -0.2) is 0 Å². The number of quaternary nitrogens is 1. The van der Waals surface area contributed by atoms with Crippen LogP contribution in [0.1, 0.15) is 11.1 Å². The molecular weight excluding hydrogens is 356 g/mol. The third-order valence-corrected chi connectivity index (χ3v) is 4.44. The van der Waals surface area contributed by atoms with Gasteiger partial charge in [0.1, 0.15) is 12.3 Å². The lowest BCUT2D eigenvalue weighted by atomic mass is 10.2. The van der Waals surface area contributed by atoms with Gasteiger partial charge in [0.25, 0.3) is 5.91 Å². The molecule has 4 nitrogen and oxygen atoms in total. The van der Waals surface area contributed by atoms with E-state index in [2.05, 4.69) is 21.2 Å².